The van der Waals surface area contributed by atoms with E-state index in [9.17, 15) is 0 Å². The van der Waals surface area contributed by atoms with Gasteiger partial charge in [-0.25, -0.2) is 9.97 Å². The highest BCUT2D eigenvalue weighted by Gasteiger charge is 2.27. The van der Waals surface area contributed by atoms with E-state index in [0.717, 1.165) is 25.3 Å². The van der Waals surface area contributed by atoms with E-state index >= 15 is 0 Å². The Kier molecular flexibility index (Phi) is 3.54. The fourth-order valence-corrected chi connectivity index (χ4v) is 2.04. The number of aromatic nitrogens is 2. The average Bonchev–Trinajstić information content (AvgIpc) is 3.05. The summed E-state index contributed by atoms with van der Waals surface area (Å²) >= 11 is 0. The standard InChI is InChI=1S/C13H21N3/c1-4-14-8-7-12-9(2)15-13(11-5-6-11)16-10(12)3/h11,14H,4-8H2,1-3H3. The number of hydrogen-bond donors (Lipinski definition) is 1. The average molecular weight is 219 g/mol. The van der Waals surface area contributed by atoms with Gasteiger partial charge >= 0.3 is 0 Å². The van der Waals surface area contributed by atoms with Gasteiger partial charge in [0.1, 0.15) is 5.82 Å². The Morgan fingerprint density at radius 1 is 1.19 bits per heavy atom. The lowest BCUT2D eigenvalue weighted by molar-refractivity contribution is 0.704. The highest BCUT2D eigenvalue weighted by atomic mass is 14.9. The molecule has 2 rings (SSSR count). The molecule has 1 aromatic heterocycles. The van der Waals surface area contributed by atoms with Crippen LogP contribution >= 0.6 is 0 Å². The van der Waals surface area contributed by atoms with Crippen molar-refractivity contribution in [2.24, 2.45) is 0 Å². The van der Waals surface area contributed by atoms with Crippen LogP contribution in [0.25, 0.3) is 0 Å². The van der Waals surface area contributed by atoms with Gasteiger partial charge in [0.25, 0.3) is 0 Å². The zero-order valence-electron chi connectivity index (χ0n) is 10.5. The van der Waals surface area contributed by atoms with E-state index in [4.69, 9.17) is 0 Å². The topological polar surface area (TPSA) is 37.8 Å². The first-order valence-electron chi connectivity index (χ1n) is 6.27. The minimum atomic E-state index is 0.653. The number of rotatable bonds is 5. The van der Waals surface area contributed by atoms with Crippen LogP contribution in [0.4, 0.5) is 0 Å². The van der Waals surface area contributed by atoms with Gasteiger partial charge in [-0.05, 0) is 51.8 Å². The molecular weight excluding hydrogens is 198 g/mol. The van der Waals surface area contributed by atoms with Crippen molar-refractivity contribution in [3.8, 4) is 0 Å². The largest absolute Gasteiger partial charge is 0.317 e. The minimum Gasteiger partial charge on any atom is -0.317 e. The summed E-state index contributed by atoms with van der Waals surface area (Å²) in [4.78, 5) is 9.27. The molecule has 0 atom stereocenters. The third-order valence-electron chi connectivity index (χ3n) is 3.18. The maximum atomic E-state index is 4.64. The number of likely N-dealkylation sites (N-methyl/N-ethyl adjacent to an activating group) is 1. The molecule has 1 N–H and O–H groups in total. The molecule has 1 fully saturated rings. The van der Waals surface area contributed by atoms with Gasteiger partial charge in [0.2, 0.25) is 0 Å². The van der Waals surface area contributed by atoms with Crippen molar-refractivity contribution >= 4 is 0 Å². The van der Waals surface area contributed by atoms with Crippen LogP contribution in [0, 0.1) is 13.8 Å². The fourth-order valence-electron chi connectivity index (χ4n) is 2.04. The van der Waals surface area contributed by atoms with Crippen LogP contribution in [-0.2, 0) is 6.42 Å². The first kappa shape index (κ1) is 11.5. The van der Waals surface area contributed by atoms with E-state index < -0.39 is 0 Å². The van der Waals surface area contributed by atoms with Gasteiger partial charge in [0.15, 0.2) is 0 Å². The lowest BCUT2D eigenvalue weighted by Gasteiger charge is -2.10. The molecule has 0 aromatic carbocycles. The molecule has 0 bridgehead atoms. The normalized spacial score (nSPS) is 15.4. The van der Waals surface area contributed by atoms with Gasteiger partial charge in [-0.15, -0.1) is 0 Å². The Morgan fingerprint density at radius 3 is 2.31 bits per heavy atom. The molecule has 1 heterocycles. The first-order valence-corrected chi connectivity index (χ1v) is 6.27. The Bertz CT molecular complexity index is 346. The molecule has 0 saturated heterocycles. The summed E-state index contributed by atoms with van der Waals surface area (Å²) in [6.07, 6.45) is 3.59. The second-order valence-corrected chi connectivity index (χ2v) is 4.61. The Labute approximate surface area is 97.7 Å². The van der Waals surface area contributed by atoms with Gasteiger partial charge in [-0.2, -0.15) is 0 Å². The summed E-state index contributed by atoms with van der Waals surface area (Å²) in [7, 11) is 0. The third kappa shape index (κ3) is 2.59. The van der Waals surface area contributed by atoms with Crippen LogP contribution < -0.4 is 5.32 Å². The van der Waals surface area contributed by atoms with E-state index in [2.05, 4.69) is 36.1 Å². The summed E-state index contributed by atoms with van der Waals surface area (Å²) < 4.78 is 0. The molecule has 88 valence electrons. The predicted octanol–water partition coefficient (Wildman–Crippen LogP) is 2.12. The van der Waals surface area contributed by atoms with Crippen molar-refractivity contribution in [3.05, 3.63) is 22.8 Å². The molecule has 0 amide bonds. The second kappa shape index (κ2) is 4.91. The van der Waals surface area contributed by atoms with Gasteiger partial charge in [-0.1, -0.05) is 6.92 Å². The summed E-state index contributed by atoms with van der Waals surface area (Å²) in [5.41, 5.74) is 3.67. The van der Waals surface area contributed by atoms with E-state index in [0.29, 0.717) is 5.92 Å². The van der Waals surface area contributed by atoms with Crippen molar-refractivity contribution in [2.75, 3.05) is 13.1 Å². The molecule has 0 unspecified atom stereocenters. The molecule has 0 aliphatic heterocycles. The Balaban J connectivity index is 2.11. The Morgan fingerprint density at radius 2 is 1.81 bits per heavy atom. The molecular formula is C13H21N3. The predicted molar refractivity (Wildman–Crippen MR) is 65.7 cm³/mol. The second-order valence-electron chi connectivity index (χ2n) is 4.61. The molecule has 16 heavy (non-hydrogen) atoms. The smallest absolute Gasteiger partial charge is 0.131 e. The van der Waals surface area contributed by atoms with Crippen LogP contribution in [0.2, 0.25) is 0 Å². The Hall–Kier alpha value is -0.960. The van der Waals surface area contributed by atoms with Crippen LogP contribution in [0.1, 0.15) is 48.5 Å². The molecule has 3 heteroatoms. The third-order valence-corrected chi connectivity index (χ3v) is 3.18. The fraction of sp³-hybridized carbons (Fsp3) is 0.692. The highest BCUT2D eigenvalue weighted by molar-refractivity contribution is 5.26. The molecule has 1 aromatic rings. The van der Waals surface area contributed by atoms with Gasteiger partial charge < -0.3 is 5.32 Å². The number of nitrogens with one attached hydrogen (secondary N) is 1. The van der Waals surface area contributed by atoms with Crippen LogP contribution in [0.5, 0.6) is 0 Å². The maximum absolute atomic E-state index is 4.64. The molecule has 1 saturated carbocycles. The van der Waals surface area contributed by atoms with E-state index in [1.165, 1.54) is 29.8 Å². The van der Waals surface area contributed by atoms with E-state index in [1.54, 1.807) is 0 Å². The van der Waals surface area contributed by atoms with Crippen molar-refractivity contribution in [3.63, 3.8) is 0 Å². The van der Waals surface area contributed by atoms with Gasteiger partial charge in [-0.3, -0.25) is 0 Å². The molecule has 1 aliphatic rings. The summed E-state index contributed by atoms with van der Waals surface area (Å²) in [6.45, 7) is 8.40. The maximum Gasteiger partial charge on any atom is 0.131 e. The molecule has 0 radical (unpaired) electrons. The van der Waals surface area contributed by atoms with Crippen LogP contribution in [0.15, 0.2) is 0 Å². The summed E-state index contributed by atoms with van der Waals surface area (Å²) in [5, 5.41) is 3.35. The summed E-state index contributed by atoms with van der Waals surface area (Å²) in [6, 6.07) is 0. The SMILES string of the molecule is CCNCCc1c(C)nc(C2CC2)nc1C. The first-order chi connectivity index (χ1) is 7.72. The summed E-state index contributed by atoms with van der Waals surface area (Å²) in [5.74, 6) is 1.72. The van der Waals surface area contributed by atoms with Crippen LogP contribution in [-0.4, -0.2) is 23.1 Å². The molecule has 3 nitrogen and oxygen atoms in total. The number of aryl methyl sites for hydroxylation is 2. The van der Waals surface area contributed by atoms with Crippen molar-refractivity contribution < 1.29 is 0 Å². The molecule has 1 aliphatic carbocycles. The van der Waals surface area contributed by atoms with Gasteiger partial charge in [0.05, 0.1) is 0 Å². The monoisotopic (exact) mass is 219 g/mol. The minimum absolute atomic E-state index is 0.653. The molecule has 0 spiro atoms. The highest BCUT2D eigenvalue weighted by Crippen LogP contribution is 2.38. The van der Waals surface area contributed by atoms with Crippen molar-refractivity contribution in [1.82, 2.24) is 15.3 Å². The quantitative estimate of drug-likeness (QED) is 0.771. The number of nitrogens with zero attached hydrogens (tertiary/aromatic N) is 2. The zero-order chi connectivity index (χ0) is 11.5. The van der Waals surface area contributed by atoms with Crippen LogP contribution in [0.3, 0.4) is 0 Å². The van der Waals surface area contributed by atoms with E-state index in [1.807, 2.05) is 0 Å². The van der Waals surface area contributed by atoms with E-state index in [-0.39, 0.29) is 0 Å². The lowest BCUT2D eigenvalue weighted by atomic mass is 10.1. The zero-order valence-corrected chi connectivity index (χ0v) is 10.5. The van der Waals surface area contributed by atoms with Crippen molar-refractivity contribution in [2.45, 2.75) is 46.0 Å². The lowest BCUT2D eigenvalue weighted by Crippen LogP contribution is -2.18. The number of hydrogen-bond acceptors (Lipinski definition) is 3. The van der Waals surface area contributed by atoms with Gasteiger partial charge in [0, 0.05) is 17.3 Å². The van der Waals surface area contributed by atoms with Crippen molar-refractivity contribution in [1.29, 1.82) is 0 Å².